The third-order valence-electron chi connectivity index (χ3n) is 1.62. The Labute approximate surface area is 73.7 Å². The van der Waals surface area contributed by atoms with Gasteiger partial charge in [-0.15, -0.1) is 0 Å². The summed E-state index contributed by atoms with van der Waals surface area (Å²) in [5, 5.41) is 0. The van der Waals surface area contributed by atoms with Gasteiger partial charge in [0.05, 0.1) is 6.61 Å². The van der Waals surface area contributed by atoms with Crippen LogP contribution in [0.2, 0.25) is 0 Å². The molecule has 1 amide bonds. The molecule has 72 valence electrons. The van der Waals surface area contributed by atoms with Gasteiger partial charge in [-0.25, -0.2) is 0 Å². The predicted molar refractivity (Wildman–Crippen MR) is 47.8 cm³/mol. The first-order valence-electron chi connectivity index (χ1n) is 4.10. The number of nitrogens with two attached hydrogens (primary N) is 1. The van der Waals surface area contributed by atoms with Gasteiger partial charge in [0, 0.05) is 33.2 Å². The molecule has 0 aromatic heterocycles. The van der Waals surface area contributed by atoms with Crippen molar-refractivity contribution in [3.05, 3.63) is 0 Å². The van der Waals surface area contributed by atoms with Crippen molar-refractivity contribution in [3.63, 3.8) is 0 Å². The maximum atomic E-state index is 11.1. The molecule has 0 aliphatic rings. The van der Waals surface area contributed by atoms with Crippen molar-refractivity contribution < 1.29 is 9.53 Å². The van der Waals surface area contributed by atoms with Gasteiger partial charge in [-0.05, 0) is 0 Å². The van der Waals surface area contributed by atoms with E-state index in [4.69, 9.17) is 10.5 Å². The van der Waals surface area contributed by atoms with E-state index in [2.05, 4.69) is 0 Å². The first kappa shape index (κ1) is 11.4. The summed E-state index contributed by atoms with van der Waals surface area (Å²) in [6.45, 7) is 2.88. The van der Waals surface area contributed by atoms with Crippen molar-refractivity contribution >= 4 is 5.91 Å². The number of carbonyl (C=O) groups excluding carboxylic acids is 1. The number of hydrogen-bond donors (Lipinski definition) is 1. The van der Waals surface area contributed by atoms with Gasteiger partial charge in [0.15, 0.2) is 0 Å². The van der Waals surface area contributed by atoms with E-state index in [1.165, 1.54) is 0 Å². The average Bonchev–Trinajstić information content (AvgIpc) is 2.03. The first-order valence-corrected chi connectivity index (χ1v) is 4.10. The SMILES string of the molecule is CCC(=O)N(C)CC(N)COC. The van der Waals surface area contributed by atoms with Crippen molar-refractivity contribution in [1.29, 1.82) is 0 Å². The standard InChI is InChI=1S/C8H18N2O2/c1-4-8(11)10(2)5-7(9)6-12-3/h7H,4-6,9H2,1-3H3. The van der Waals surface area contributed by atoms with E-state index in [9.17, 15) is 4.79 Å². The first-order chi connectivity index (χ1) is 5.61. The fraction of sp³-hybridized carbons (Fsp3) is 0.875. The van der Waals surface area contributed by atoms with Crippen molar-refractivity contribution in [3.8, 4) is 0 Å². The summed E-state index contributed by atoms with van der Waals surface area (Å²) in [5.41, 5.74) is 5.66. The lowest BCUT2D eigenvalue weighted by Gasteiger charge is -2.20. The Bertz CT molecular complexity index is 139. The van der Waals surface area contributed by atoms with Crippen LogP contribution in [0.4, 0.5) is 0 Å². The van der Waals surface area contributed by atoms with E-state index in [1.807, 2.05) is 6.92 Å². The fourth-order valence-corrected chi connectivity index (χ4v) is 0.990. The highest BCUT2D eigenvalue weighted by molar-refractivity contribution is 5.75. The number of nitrogens with zero attached hydrogens (tertiary/aromatic N) is 1. The molecule has 4 nitrogen and oxygen atoms in total. The summed E-state index contributed by atoms with van der Waals surface area (Å²) in [6, 6.07) is -0.0875. The Morgan fingerprint density at radius 1 is 1.67 bits per heavy atom. The van der Waals surface area contributed by atoms with Crippen LogP contribution in [-0.4, -0.2) is 44.2 Å². The average molecular weight is 174 g/mol. The largest absolute Gasteiger partial charge is 0.383 e. The van der Waals surface area contributed by atoms with E-state index in [0.717, 1.165) is 0 Å². The summed E-state index contributed by atoms with van der Waals surface area (Å²) < 4.78 is 4.85. The van der Waals surface area contributed by atoms with Crippen LogP contribution in [0.3, 0.4) is 0 Å². The summed E-state index contributed by atoms with van der Waals surface area (Å²) >= 11 is 0. The summed E-state index contributed by atoms with van der Waals surface area (Å²) in [7, 11) is 3.35. The second kappa shape index (κ2) is 5.97. The number of methoxy groups -OCH3 is 1. The smallest absolute Gasteiger partial charge is 0.222 e. The van der Waals surface area contributed by atoms with Crippen LogP contribution in [0.15, 0.2) is 0 Å². The van der Waals surface area contributed by atoms with Crippen LogP contribution in [-0.2, 0) is 9.53 Å². The van der Waals surface area contributed by atoms with E-state index in [1.54, 1.807) is 19.1 Å². The monoisotopic (exact) mass is 174 g/mol. The van der Waals surface area contributed by atoms with Gasteiger partial charge >= 0.3 is 0 Å². The summed E-state index contributed by atoms with van der Waals surface area (Å²) in [5.74, 6) is 0.113. The van der Waals surface area contributed by atoms with Gasteiger partial charge in [0.25, 0.3) is 0 Å². The molecular weight excluding hydrogens is 156 g/mol. The predicted octanol–water partition coefficient (Wildman–Crippen LogP) is -0.171. The summed E-state index contributed by atoms with van der Waals surface area (Å²) in [6.07, 6.45) is 0.524. The molecular formula is C8H18N2O2. The maximum Gasteiger partial charge on any atom is 0.222 e. The molecule has 0 fully saturated rings. The van der Waals surface area contributed by atoms with Gasteiger partial charge in [0.2, 0.25) is 5.91 Å². The molecule has 12 heavy (non-hydrogen) atoms. The molecule has 0 bridgehead atoms. The Morgan fingerprint density at radius 2 is 2.25 bits per heavy atom. The number of rotatable bonds is 5. The number of carbonyl (C=O) groups is 1. The molecule has 0 aliphatic heterocycles. The van der Waals surface area contributed by atoms with E-state index in [-0.39, 0.29) is 11.9 Å². The molecule has 0 aromatic carbocycles. The van der Waals surface area contributed by atoms with Gasteiger partial charge in [-0.1, -0.05) is 6.92 Å². The van der Waals surface area contributed by atoms with Crippen LogP contribution in [0.25, 0.3) is 0 Å². The number of amides is 1. The Morgan fingerprint density at radius 3 is 2.67 bits per heavy atom. The molecule has 0 heterocycles. The number of hydrogen-bond acceptors (Lipinski definition) is 3. The van der Waals surface area contributed by atoms with Crippen molar-refractivity contribution in [2.75, 3.05) is 27.3 Å². The van der Waals surface area contributed by atoms with Gasteiger partial charge in [-0.3, -0.25) is 4.79 Å². The zero-order chi connectivity index (χ0) is 9.56. The lowest BCUT2D eigenvalue weighted by Crippen LogP contribution is -2.40. The molecule has 0 saturated heterocycles. The zero-order valence-corrected chi connectivity index (χ0v) is 8.04. The fourth-order valence-electron chi connectivity index (χ4n) is 0.990. The molecule has 0 aromatic rings. The highest BCUT2D eigenvalue weighted by Crippen LogP contribution is 1.91. The minimum absolute atomic E-state index is 0.0875. The Balaban J connectivity index is 3.67. The quantitative estimate of drug-likeness (QED) is 0.629. The molecule has 1 atom stereocenters. The van der Waals surface area contributed by atoms with E-state index >= 15 is 0 Å². The second-order valence-corrected chi connectivity index (χ2v) is 2.84. The third-order valence-corrected chi connectivity index (χ3v) is 1.62. The molecule has 0 spiro atoms. The minimum Gasteiger partial charge on any atom is -0.383 e. The Hall–Kier alpha value is -0.610. The summed E-state index contributed by atoms with van der Waals surface area (Å²) in [4.78, 5) is 12.7. The highest BCUT2D eigenvalue weighted by Gasteiger charge is 2.09. The van der Waals surface area contributed by atoms with E-state index in [0.29, 0.717) is 19.6 Å². The van der Waals surface area contributed by atoms with Crippen molar-refractivity contribution in [1.82, 2.24) is 4.90 Å². The molecule has 0 saturated carbocycles. The van der Waals surface area contributed by atoms with Crippen LogP contribution >= 0.6 is 0 Å². The normalized spacial score (nSPS) is 12.7. The molecule has 2 N–H and O–H groups in total. The van der Waals surface area contributed by atoms with Crippen molar-refractivity contribution in [2.24, 2.45) is 5.73 Å². The zero-order valence-electron chi connectivity index (χ0n) is 8.04. The molecule has 0 aliphatic carbocycles. The molecule has 4 heteroatoms. The van der Waals surface area contributed by atoms with Crippen LogP contribution < -0.4 is 5.73 Å². The van der Waals surface area contributed by atoms with Gasteiger partial charge in [0.1, 0.15) is 0 Å². The third kappa shape index (κ3) is 4.31. The lowest BCUT2D eigenvalue weighted by molar-refractivity contribution is -0.129. The van der Waals surface area contributed by atoms with Crippen LogP contribution in [0.1, 0.15) is 13.3 Å². The maximum absolute atomic E-state index is 11.1. The van der Waals surface area contributed by atoms with Gasteiger partial charge < -0.3 is 15.4 Å². The van der Waals surface area contributed by atoms with Crippen LogP contribution in [0.5, 0.6) is 0 Å². The second-order valence-electron chi connectivity index (χ2n) is 2.84. The molecule has 1 unspecified atom stereocenters. The number of likely N-dealkylation sites (N-methyl/N-ethyl adjacent to an activating group) is 1. The Kier molecular flexibility index (Phi) is 5.66. The van der Waals surface area contributed by atoms with Gasteiger partial charge in [-0.2, -0.15) is 0 Å². The topological polar surface area (TPSA) is 55.6 Å². The van der Waals surface area contributed by atoms with Crippen LogP contribution in [0, 0.1) is 0 Å². The highest BCUT2D eigenvalue weighted by atomic mass is 16.5. The van der Waals surface area contributed by atoms with E-state index < -0.39 is 0 Å². The number of ether oxygens (including phenoxy) is 1. The minimum atomic E-state index is -0.0875. The lowest BCUT2D eigenvalue weighted by atomic mass is 10.3. The molecule has 0 radical (unpaired) electrons. The van der Waals surface area contributed by atoms with Crippen molar-refractivity contribution in [2.45, 2.75) is 19.4 Å². The molecule has 0 rings (SSSR count).